The van der Waals surface area contributed by atoms with Gasteiger partial charge in [0.25, 0.3) is 0 Å². The number of nitrogen functional groups attached to an aromatic ring is 1. The van der Waals surface area contributed by atoms with Crippen molar-refractivity contribution in [1.82, 2.24) is 9.61 Å². The van der Waals surface area contributed by atoms with E-state index in [9.17, 15) is 0 Å². The van der Waals surface area contributed by atoms with Crippen LogP contribution in [-0.4, -0.2) is 9.61 Å². The van der Waals surface area contributed by atoms with Gasteiger partial charge in [0.1, 0.15) is 5.82 Å². The first-order chi connectivity index (χ1) is 6.48. The lowest BCUT2D eigenvalue weighted by Gasteiger charge is -2.19. The zero-order chi connectivity index (χ0) is 10.3. The molecule has 0 unspecified atom stereocenters. The van der Waals surface area contributed by atoms with Crippen molar-refractivity contribution >= 4 is 11.3 Å². The number of pyridine rings is 1. The van der Waals surface area contributed by atoms with Crippen LogP contribution in [0.3, 0.4) is 0 Å². The number of hydrogen-bond acceptors (Lipinski definition) is 2. The Labute approximate surface area is 83.5 Å². The molecule has 0 aromatic carbocycles. The van der Waals surface area contributed by atoms with Crippen LogP contribution in [0.25, 0.3) is 5.52 Å². The van der Waals surface area contributed by atoms with E-state index >= 15 is 0 Å². The highest BCUT2D eigenvalue weighted by atomic mass is 15.2. The van der Waals surface area contributed by atoms with E-state index in [-0.39, 0.29) is 5.41 Å². The average Bonchev–Trinajstić information content (AvgIpc) is 2.50. The summed E-state index contributed by atoms with van der Waals surface area (Å²) in [7, 11) is 0. The zero-order valence-corrected chi connectivity index (χ0v) is 8.78. The molecule has 0 bridgehead atoms. The van der Waals surface area contributed by atoms with Crippen LogP contribution < -0.4 is 5.73 Å². The van der Waals surface area contributed by atoms with Crippen molar-refractivity contribution in [3.63, 3.8) is 0 Å². The number of nitrogens with zero attached hydrogens (tertiary/aromatic N) is 2. The zero-order valence-electron chi connectivity index (χ0n) is 8.78. The molecule has 74 valence electrons. The van der Waals surface area contributed by atoms with Gasteiger partial charge in [-0.1, -0.05) is 20.8 Å². The molecule has 0 fully saturated rings. The summed E-state index contributed by atoms with van der Waals surface area (Å²) in [5.74, 6) is 0.692. The molecule has 0 atom stereocenters. The summed E-state index contributed by atoms with van der Waals surface area (Å²) in [6.45, 7) is 6.53. The molecule has 0 aliphatic heterocycles. The first-order valence-corrected chi connectivity index (χ1v) is 4.72. The highest BCUT2D eigenvalue weighted by Gasteiger charge is 2.15. The highest BCUT2D eigenvalue weighted by Crippen LogP contribution is 2.25. The molecule has 2 heterocycles. The van der Waals surface area contributed by atoms with E-state index in [4.69, 9.17) is 5.73 Å². The molecule has 0 aliphatic carbocycles. The van der Waals surface area contributed by atoms with Crippen LogP contribution in [0, 0.1) is 0 Å². The monoisotopic (exact) mass is 189 g/mol. The first kappa shape index (κ1) is 9.06. The summed E-state index contributed by atoms with van der Waals surface area (Å²) >= 11 is 0. The van der Waals surface area contributed by atoms with Gasteiger partial charge in [-0.25, -0.2) is 4.52 Å². The van der Waals surface area contributed by atoms with E-state index in [1.54, 1.807) is 10.7 Å². The number of fused-ring (bicyclic) bond motifs is 1. The Balaban J connectivity index is 2.70. The smallest absolute Gasteiger partial charge is 0.125 e. The van der Waals surface area contributed by atoms with Crippen LogP contribution in [0.4, 0.5) is 5.82 Å². The van der Waals surface area contributed by atoms with Gasteiger partial charge in [0.05, 0.1) is 11.7 Å². The van der Waals surface area contributed by atoms with E-state index in [0.29, 0.717) is 5.82 Å². The molecule has 0 saturated carbocycles. The second-order valence-corrected chi connectivity index (χ2v) is 4.59. The van der Waals surface area contributed by atoms with Crippen LogP contribution in [0.15, 0.2) is 24.4 Å². The molecule has 0 amide bonds. The van der Waals surface area contributed by atoms with Crippen LogP contribution in [0.2, 0.25) is 0 Å². The quantitative estimate of drug-likeness (QED) is 0.690. The summed E-state index contributed by atoms with van der Waals surface area (Å²) in [5.41, 5.74) is 8.31. The van der Waals surface area contributed by atoms with Gasteiger partial charge in [0.15, 0.2) is 0 Å². The SMILES string of the molecule is CC(C)(C)c1cc(N)n2nccc2c1. The summed E-state index contributed by atoms with van der Waals surface area (Å²) in [6.07, 6.45) is 1.76. The molecule has 3 heteroatoms. The Bertz CT molecular complexity index is 463. The molecule has 3 nitrogen and oxygen atoms in total. The average molecular weight is 189 g/mol. The van der Waals surface area contributed by atoms with Crippen molar-refractivity contribution in [3.8, 4) is 0 Å². The van der Waals surface area contributed by atoms with Crippen LogP contribution >= 0.6 is 0 Å². The summed E-state index contributed by atoms with van der Waals surface area (Å²) in [5, 5.41) is 4.13. The third-order valence-corrected chi connectivity index (χ3v) is 2.39. The van der Waals surface area contributed by atoms with Gasteiger partial charge in [-0.2, -0.15) is 5.10 Å². The fraction of sp³-hybridized carbons (Fsp3) is 0.364. The van der Waals surface area contributed by atoms with Gasteiger partial charge < -0.3 is 5.73 Å². The second-order valence-electron chi connectivity index (χ2n) is 4.59. The van der Waals surface area contributed by atoms with E-state index in [1.807, 2.05) is 12.1 Å². The van der Waals surface area contributed by atoms with Gasteiger partial charge in [0.2, 0.25) is 0 Å². The van der Waals surface area contributed by atoms with Crippen molar-refractivity contribution in [2.75, 3.05) is 5.73 Å². The van der Waals surface area contributed by atoms with E-state index in [0.717, 1.165) is 5.52 Å². The minimum atomic E-state index is 0.125. The fourth-order valence-corrected chi connectivity index (χ4v) is 1.49. The second kappa shape index (κ2) is 2.74. The minimum absolute atomic E-state index is 0.125. The molecule has 2 aromatic rings. The lowest BCUT2D eigenvalue weighted by atomic mass is 9.87. The standard InChI is InChI=1S/C11H15N3/c1-11(2,3)8-6-9-4-5-13-14(9)10(12)7-8/h4-7H,12H2,1-3H3. The fourth-order valence-electron chi connectivity index (χ4n) is 1.49. The number of rotatable bonds is 0. The predicted octanol–water partition coefficient (Wildman–Crippen LogP) is 2.21. The normalized spacial score (nSPS) is 12.2. The summed E-state index contributed by atoms with van der Waals surface area (Å²) in [4.78, 5) is 0. The molecule has 14 heavy (non-hydrogen) atoms. The Morgan fingerprint density at radius 1 is 1.29 bits per heavy atom. The largest absolute Gasteiger partial charge is 0.384 e. The van der Waals surface area contributed by atoms with Crippen molar-refractivity contribution in [2.45, 2.75) is 26.2 Å². The van der Waals surface area contributed by atoms with Gasteiger partial charge >= 0.3 is 0 Å². The van der Waals surface area contributed by atoms with E-state index < -0.39 is 0 Å². The third-order valence-electron chi connectivity index (χ3n) is 2.39. The number of anilines is 1. The number of aromatic nitrogens is 2. The Morgan fingerprint density at radius 3 is 2.64 bits per heavy atom. The minimum Gasteiger partial charge on any atom is -0.384 e. The number of hydrogen-bond donors (Lipinski definition) is 1. The van der Waals surface area contributed by atoms with E-state index in [2.05, 4.69) is 31.9 Å². The lowest BCUT2D eigenvalue weighted by Crippen LogP contribution is -2.12. The van der Waals surface area contributed by atoms with Crippen LogP contribution in [-0.2, 0) is 5.41 Å². The van der Waals surface area contributed by atoms with Crippen molar-refractivity contribution < 1.29 is 0 Å². The molecule has 2 aromatic heterocycles. The van der Waals surface area contributed by atoms with Crippen LogP contribution in [0.5, 0.6) is 0 Å². The maximum absolute atomic E-state index is 5.90. The Kier molecular flexibility index (Phi) is 1.77. The molecule has 2 rings (SSSR count). The van der Waals surface area contributed by atoms with Crippen molar-refractivity contribution in [1.29, 1.82) is 0 Å². The maximum Gasteiger partial charge on any atom is 0.125 e. The van der Waals surface area contributed by atoms with E-state index in [1.165, 1.54) is 5.56 Å². The van der Waals surface area contributed by atoms with Gasteiger partial charge in [0, 0.05) is 0 Å². The predicted molar refractivity (Wildman–Crippen MR) is 58.3 cm³/mol. The first-order valence-electron chi connectivity index (χ1n) is 4.72. The van der Waals surface area contributed by atoms with Crippen LogP contribution in [0.1, 0.15) is 26.3 Å². The maximum atomic E-state index is 5.90. The topological polar surface area (TPSA) is 43.3 Å². The molecular formula is C11H15N3. The van der Waals surface area contributed by atoms with Gasteiger partial charge in [-0.15, -0.1) is 0 Å². The summed E-state index contributed by atoms with van der Waals surface area (Å²) < 4.78 is 1.75. The Hall–Kier alpha value is -1.51. The number of nitrogens with two attached hydrogens (primary N) is 1. The molecule has 0 saturated heterocycles. The van der Waals surface area contributed by atoms with Crippen molar-refractivity contribution in [3.05, 3.63) is 30.0 Å². The lowest BCUT2D eigenvalue weighted by molar-refractivity contribution is 0.590. The van der Waals surface area contributed by atoms with Gasteiger partial charge in [-0.3, -0.25) is 0 Å². The molecule has 0 spiro atoms. The molecule has 0 aliphatic rings. The Morgan fingerprint density at radius 2 is 2.00 bits per heavy atom. The summed E-state index contributed by atoms with van der Waals surface area (Å²) in [6, 6.07) is 6.08. The molecule has 0 radical (unpaired) electrons. The van der Waals surface area contributed by atoms with Crippen molar-refractivity contribution in [2.24, 2.45) is 0 Å². The third kappa shape index (κ3) is 1.35. The molecular weight excluding hydrogens is 174 g/mol. The highest BCUT2D eigenvalue weighted by molar-refractivity contribution is 5.55. The molecule has 2 N–H and O–H groups in total. The van der Waals surface area contributed by atoms with Gasteiger partial charge in [-0.05, 0) is 29.2 Å².